The fourth-order valence-corrected chi connectivity index (χ4v) is 2.00. The van der Waals surface area contributed by atoms with E-state index in [-0.39, 0.29) is 18.3 Å². The van der Waals surface area contributed by atoms with E-state index in [4.69, 9.17) is 4.74 Å². The molecule has 110 valence electrons. The number of ether oxygens (including phenoxy) is 1. The Morgan fingerprint density at radius 3 is 2.38 bits per heavy atom. The van der Waals surface area contributed by atoms with Crippen LogP contribution in [0.1, 0.15) is 5.56 Å². The van der Waals surface area contributed by atoms with Crippen LogP contribution in [0.3, 0.4) is 0 Å². The Balaban J connectivity index is 1.84. The number of likely N-dealkylation sites (N-methyl/N-ethyl adjacent to an activating group) is 1. The number of halogens is 2. The van der Waals surface area contributed by atoms with E-state index in [0.29, 0.717) is 12.3 Å². The Kier molecular flexibility index (Phi) is 5.33. The Labute approximate surface area is 131 Å². The van der Waals surface area contributed by atoms with E-state index in [0.717, 1.165) is 10.0 Å². The van der Waals surface area contributed by atoms with Crippen LogP contribution in [0.25, 0.3) is 0 Å². The molecule has 5 heteroatoms. The average Bonchev–Trinajstić information content (AvgIpc) is 2.48. The molecule has 0 N–H and O–H groups in total. The molecule has 0 aliphatic heterocycles. The zero-order valence-corrected chi connectivity index (χ0v) is 13.1. The monoisotopic (exact) mass is 351 g/mol. The number of hydrogen-bond acceptors (Lipinski definition) is 2. The minimum absolute atomic E-state index is 0.0284. The van der Waals surface area contributed by atoms with E-state index in [1.54, 1.807) is 36.2 Å². The zero-order valence-electron chi connectivity index (χ0n) is 11.6. The van der Waals surface area contributed by atoms with Crippen molar-refractivity contribution in [2.45, 2.75) is 6.54 Å². The van der Waals surface area contributed by atoms with Crippen LogP contribution < -0.4 is 4.74 Å². The highest BCUT2D eigenvalue weighted by Crippen LogP contribution is 2.16. The van der Waals surface area contributed by atoms with E-state index >= 15 is 0 Å². The molecule has 0 spiro atoms. The Bertz CT molecular complexity index is 599. The summed E-state index contributed by atoms with van der Waals surface area (Å²) in [6, 6.07) is 13.4. The molecular formula is C16H15BrFNO2. The molecule has 2 rings (SSSR count). The van der Waals surface area contributed by atoms with Gasteiger partial charge in [0.15, 0.2) is 6.61 Å². The molecule has 0 fully saturated rings. The van der Waals surface area contributed by atoms with Gasteiger partial charge in [-0.15, -0.1) is 0 Å². The van der Waals surface area contributed by atoms with Gasteiger partial charge in [-0.3, -0.25) is 4.79 Å². The molecule has 0 atom stereocenters. The molecule has 3 nitrogen and oxygen atoms in total. The highest BCUT2D eigenvalue weighted by atomic mass is 79.9. The first-order valence-corrected chi connectivity index (χ1v) is 7.20. The van der Waals surface area contributed by atoms with Crippen LogP contribution in [-0.4, -0.2) is 24.5 Å². The van der Waals surface area contributed by atoms with Gasteiger partial charge in [0.2, 0.25) is 0 Å². The second-order valence-corrected chi connectivity index (χ2v) is 5.53. The predicted octanol–water partition coefficient (Wildman–Crippen LogP) is 3.63. The summed E-state index contributed by atoms with van der Waals surface area (Å²) in [5.41, 5.74) is 0.871. The van der Waals surface area contributed by atoms with E-state index in [1.807, 2.05) is 12.1 Å². The van der Waals surface area contributed by atoms with Crippen LogP contribution in [-0.2, 0) is 11.3 Å². The van der Waals surface area contributed by atoms with Gasteiger partial charge in [-0.2, -0.15) is 0 Å². The van der Waals surface area contributed by atoms with Crippen molar-refractivity contribution in [2.75, 3.05) is 13.7 Å². The number of hydrogen-bond donors (Lipinski definition) is 0. The van der Waals surface area contributed by atoms with Crippen LogP contribution >= 0.6 is 15.9 Å². The number of nitrogens with zero attached hydrogens (tertiary/aromatic N) is 1. The third-order valence-electron chi connectivity index (χ3n) is 2.93. The molecule has 0 heterocycles. The first kappa shape index (κ1) is 15.5. The fourth-order valence-electron chi connectivity index (χ4n) is 1.74. The first-order chi connectivity index (χ1) is 10.0. The lowest BCUT2D eigenvalue weighted by atomic mass is 10.2. The maximum atomic E-state index is 12.8. The van der Waals surface area contributed by atoms with Gasteiger partial charge in [-0.25, -0.2) is 4.39 Å². The molecule has 2 aromatic carbocycles. The third kappa shape index (κ3) is 4.86. The zero-order chi connectivity index (χ0) is 15.2. The number of carbonyl (C=O) groups is 1. The molecule has 2 aromatic rings. The smallest absolute Gasteiger partial charge is 0.260 e. The predicted molar refractivity (Wildman–Crippen MR) is 82.5 cm³/mol. The van der Waals surface area contributed by atoms with E-state index in [9.17, 15) is 9.18 Å². The molecule has 0 radical (unpaired) electrons. The maximum absolute atomic E-state index is 12.8. The Morgan fingerprint density at radius 1 is 1.14 bits per heavy atom. The van der Waals surface area contributed by atoms with Crippen molar-refractivity contribution < 1.29 is 13.9 Å². The first-order valence-electron chi connectivity index (χ1n) is 6.41. The second-order valence-electron chi connectivity index (χ2n) is 4.62. The van der Waals surface area contributed by atoms with Crippen molar-refractivity contribution in [1.82, 2.24) is 4.90 Å². The van der Waals surface area contributed by atoms with Crippen LogP contribution in [0.5, 0.6) is 5.75 Å². The minimum Gasteiger partial charge on any atom is -0.484 e. The van der Waals surface area contributed by atoms with E-state index < -0.39 is 0 Å². The number of rotatable bonds is 5. The summed E-state index contributed by atoms with van der Waals surface area (Å²) < 4.78 is 19.2. The standard InChI is InChI=1S/C16H15BrFNO2/c1-19(10-12-2-6-14(18)7-3-12)16(20)11-21-15-8-4-13(17)5-9-15/h2-9H,10-11H2,1H3. The Morgan fingerprint density at radius 2 is 1.76 bits per heavy atom. The molecule has 0 bridgehead atoms. The highest BCUT2D eigenvalue weighted by molar-refractivity contribution is 9.10. The third-order valence-corrected chi connectivity index (χ3v) is 3.46. The minimum atomic E-state index is -0.286. The van der Waals surface area contributed by atoms with Gasteiger partial charge in [0.1, 0.15) is 11.6 Å². The summed E-state index contributed by atoms with van der Waals surface area (Å²) in [7, 11) is 1.69. The van der Waals surface area contributed by atoms with Crippen molar-refractivity contribution >= 4 is 21.8 Å². The summed E-state index contributed by atoms with van der Waals surface area (Å²) in [5, 5.41) is 0. The molecule has 21 heavy (non-hydrogen) atoms. The summed E-state index contributed by atoms with van der Waals surface area (Å²) in [5.74, 6) is 0.218. The van der Waals surface area contributed by atoms with Crippen LogP contribution in [0.4, 0.5) is 4.39 Å². The molecule has 0 saturated carbocycles. The number of benzene rings is 2. The molecule has 0 saturated heterocycles. The van der Waals surface area contributed by atoms with E-state index in [2.05, 4.69) is 15.9 Å². The molecule has 1 amide bonds. The normalized spacial score (nSPS) is 10.2. The van der Waals surface area contributed by atoms with Gasteiger partial charge in [0.05, 0.1) is 0 Å². The average molecular weight is 352 g/mol. The maximum Gasteiger partial charge on any atom is 0.260 e. The topological polar surface area (TPSA) is 29.5 Å². The van der Waals surface area contributed by atoms with Crippen LogP contribution in [0, 0.1) is 5.82 Å². The molecule has 0 aliphatic carbocycles. The van der Waals surface area contributed by atoms with Crippen molar-refractivity contribution in [3.05, 3.63) is 64.4 Å². The number of amides is 1. The largest absolute Gasteiger partial charge is 0.484 e. The lowest BCUT2D eigenvalue weighted by molar-refractivity contribution is -0.132. The number of carbonyl (C=O) groups excluding carboxylic acids is 1. The van der Waals surface area contributed by atoms with Crippen molar-refractivity contribution in [3.8, 4) is 5.75 Å². The highest BCUT2D eigenvalue weighted by Gasteiger charge is 2.10. The van der Waals surface area contributed by atoms with Gasteiger partial charge in [-0.1, -0.05) is 28.1 Å². The molecule has 0 unspecified atom stereocenters. The van der Waals surface area contributed by atoms with Crippen molar-refractivity contribution in [1.29, 1.82) is 0 Å². The summed E-state index contributed by atoms with van der Waals surface area (Å²) in [6.07, 6.45) is 0. The lowest BCUT2D eigenvalue weighted by Crippen LogP contribution is -2.30. The summed E-state index contributed by atoms with van der Waals surface area (Å²) in [6.45, 7) is 0.391. The van der Waals surface area contributed by atoms with E-state index in [1.165, 1.54) is 12.1 Å². The van der Waals surface area contributed by atoms with Gasteiger partial charge < -0.3 is 9.64 Å². The second kappa shape index (κ2) is 7.22. The fraction of sp³-hybridized carbons (Fsp3) is 0.188. The Hall–Kier alpha value is -1.88. The molecule has 0 aliphatic rings. The SMILES string of the molecule is CN(Cc1ccc(F)cc1)C(=O)COc1ccc(Br)cc1. The van der Waals surface area contributed by atoms with Crippen LogP contribution in [0.2, 0.25) is 0 Å². The molecule has 0 aromatic heterocycles. The lowest BCUT2D eigenvalue weighted by Gasteiger charge is -2.17. The van der Waals surface area contributed by atoms with Gasteiger partial charge in [0, 0.05) is 18.1 Å². The van der Waals surface area contributed by atoms with Crippen LogP contribution in [0.15, 0.2) is 53.0 Å². The van der Waals surface area contributed by atoms with Crippen molar-refractivity contribution in [3.63, 3.8) is 0 Å². The summed E-state index contributed by atoms with van der Waals surface area (Å²) in [4.78, 5) is 13.5. The quantitative estimate of drug-likeness (QED) is 0.823. The molecular weight excluding hydrogens is 337 g/mol. The van der Waals surface area contributed by atoms with Gasteiger partial charge in [0.25, 0.3) is 5.91 Å². The summed E-state index contributed by atoms with van der Waals surface area (Å²) >= 11 is 3.33. The van der Waals surface area contributed by atoms with Crippen molar-refractivity contribution in [2.24, 2.45) is 0 Å². The van der Waals surface area contributed by atoms with Gasteiger partial charge >= 0.3 is 0 Å². The van der Waals surface area contributed by atoms with Gasteiger partial charge in [-0.05, 0) is 42.0 Å².